The maximum atomic E-state index is 12.1. The lowest BCUT2D eigenvalue weighted by Crippen LogP contribution is -2.35. The van der Waals surface area contributed by atoms with E-state index in [9.17, 15) is 13.2 Å². The Morgan fingerprint density at radius 3 is 2.38 bits per heavy atom. The smallest absolute Gasteiger partial charge is 0.405 e. The van der Waals surface area contributed by atoms with E-state index >= 15 is 0 Å². The van der Waals surface area contributed by atoms with E-state index in [1.54, 1.807) is 12.1 Å². The van der Waals surface area contributed by atoms with E-state index in [0.717, 1.165) is 13.0 Å². The molecule has 1 N–H and O–H groups in total. The van der Waals surface area contributed by atoms with Crippen LogP contribution < -0.4 is 10.1 Å². The van der Waals surface area contributed by atoms with Crippen molar-refractivity contribution in [3.63, 3.8) is 0 Å². The molecular formula is C10H11ClF3NO. The van der Waals surface area contributed by atoms with Gasteiger partial charge in [0, 0.05) is 11.6 Å². The summed E-state index contributed by atoms with van der Waals surface area (Å²) in [6.07, 6.45) is -3.78. The Morgan fingerprint density at radius 2 is 1.88 bits per heavy atom. The van der Waals surface area contributed by atoms with Crippen LogP contribution in [0.5, 0.6) is 5.75 Å². The van der Waals surface area contributed by atoms with Crippen LogP contribution in [0.2, 0.25) is 0 Å². The molecule has 0 saturated carbocycles. The van der Waals surface area contributed by atoms with Gasteiger partial charge in [-0.3, -0.25) is 0 Å². The molecule has 0 radical (unpaired) electrons. The third kappa shape index (κ3) is 3.02. The zero-order valence-corrected chi connectivity index (χ0v) is 9.07. The van der Waals surface area contributed by atoms with Gasteiger partial charge < -0.3 is 10.1 Å². The van der Waals surface area contributed by atoms with Crippen molar-refractivity contribution in [2.24, 2.45) is 0 Å². The Labute approximate surface area is 97.2 Å². The first-order valence-corrected chi connectivity index (χ1v) is 4.64. The van der Waals surface area contributed by atoms with Gasteiger partial charge in [-0.25, -0.2) is 0 Å². The SMILES string of the molecule is Cl.FC(F)(F)Oc1ccccc1[C@H]1CCN1. The highest BCUT2D eigenvalue weighted by Crippen LogP contribution is 2.33. The maximum Gasteiger partial charge on any atom is 0.573 e. The summed E-state index contributed by atoms with van der Waals surface area (Å²) in [4.78, 5) is 0. The van der Waals surface area contributed by atoms with Gasteiger partial charge >= 0.3 is 6.36 Å². The number of hydrogen-bond acceptors (Lipinski definition) is 2. The number of hydrogen-bond donors (Lipinski definition) is 1. The number of benzene rings is 1. The van der Waals surface area contributed by atoms with Crippen LogP contribution >= 0.6 is 12.4 Å². The highest BCUT2D eigenvalue weighted by atomic mass is 35.5. The van der Waals surface area contributed by atoms with Crippen molar-refractivity contribution in [1.29, 1.82) is 0 Å². The number of para-hydroxylation sites is 1. The minimum Gasteiger partial charge on any atom is -0.405 e. The molecule has 16 heavy (non-hydrogen) atoms. The van der Waals surface area contributed by atoms with Crippen molar-refractivity contribution >= 4 is 12.4 Å². The van der Waals surface area contributed by atoms with Gasteiger partial charge in [0.05, 0.1) is 0 Å². The van der Waals surface area contributed by atoms with E-state index < -0.39 is 6.36 Å². The summed E-state index contributed by atoms with van der Waals surface area (Å²) in [6, 6.07) is 6.21. The molecule has 6 heteroatoms. The molecule has 1 aromatic carbocycles. The quantitative estimate of drug-likeness (QED) is 0.875. The Hall–Kier alpha value is -0.940. The van der Waals surface area contributed by atoms with Crippen molar-refractivity contribution in [3.05, 3.63) is 29.8 Å². The van der Waals surface area contributed by atoms with Crippen molar-refractivity contribution in [1.82, 2.24) is 5.32 Å². The summed E-state index contributed by atoms with van der Waals surface area (Å²) < 4.78 is 40.1. The van der Waals surface area contributed by atoms with E-state index in [1.807, 2.05) is 0 Å². The number of halogens is 4. The average molecular weight is 254 g/mol. The van der Waals surface area contributed by atoms with Crippen LogP contribution in [-0.4, -0.2) is 12.9 Å². The topological polar surface area (TPSA) is 21.3 Å². The molecular weight excluding hydrogens is 243 g/mol. The van der Waals surface area contributed by atoms with Crippen molar-refractivity contribution in [2.45, 2.75) is 18.8 Å². The van der Waals surface area contributed by atoms with Crippen LogP contribution in [-0.2, 0) is 0 Å². The summed E-state index contributed by atoms with van der Waals surface area (Å²) in [5.74, 6) is -0.109. The van der Waals surface area contributed by atoms with Crippen LogP contribution in [0, 0.1) is 0 Å². The van der Waals surface area contributed by atoms with Crippen molar-refractivity contribution < 1.29 is 17.9 Å². The van der Waals surface area contributed by atoms with Gasteiger partial charge in [0.15, 0.2) is 0 Å². The van der Waals surface area contributed by atoms with Crippen molar-refractivity contribution in [3.8, 4) is 5.75 Å². The molecule has 2 nitrogen and oxygen atoms in total. The van der Waals surface area contributed by atoms with Crippen LogP contribution in [0.25, 0.3) is 0 Å². The molecule has 1 saturated heterocycles. The first-order chi connectivity index (χ1) is 7.06. The van der Waals surface area contributed by atoms with Gasteiger partial charge in [-0.1, -0.05) is 18.2 Å². The Balaban J connectivity index is 0.00000128. The fraction of sp³-hybridized carbons (Fsp3) is 0.400. The lowest BCUT2D eigenvalue weighted by Gasteiger charge is -2.29. The molecule has 90 valence electrons. The Morgan fingerprint density at radius 1 is 1.25 bits per heavy atom. The standard InChI is InChI=1S/C10H10F3NO.ClH/c11-10(12,13)15-9-4-2-1-3-7(9)8-5-6-14-8;/h1-4,8,14H,5-6H2;1H/t8-;/m1./s1. The molecule has 0 spiro atoms. The van der Waals surface area contributed by atoms with Crippen LogP contribution in [0.1, 0.15) is 18.0 Å². The number of ether oxygens (including phenoxy) is 1. The molecule has 1 aliphatic heterocycles. The fourth-order valence-electron chi connectivity index (χ4n) is 1.54. The largest absolute Gasteiger partial charge is 0.573 e. The molecule has 0 amide bonds. The number of rotatable bonds is 2. The normalized spacial score (nSPS) is 19.6. The predicted molar refractivity (Wildman–Crippen MR) is 55.7 cm³/mol. The van der Waals surface area contributed by atoms with Crippen LogP contribution in [0.15, 0.2) is 24.3 Å². The maximum absolute atomic E-state index is 12.1. The molecule has 1 fully saturated rings. The summed E-state index contributed by atoms with van der Waals surface area (Å²) >= 11 is 0. The molecule has 0 aromatic heterocycles. The van der Waals surface area contributed by atoms with Crippen molar-refractivity contribution in [2.75, 3.05) is 6.54 Å². The first-order valence-electron chi connectivity index (χ1n) is 4.64. The zero-order chi connectivity index (χ0) is 10.9. The van der Waals surface area contributed by atoms with Gasteiger partial charge in [-0.15, -0.1) is 25.6 Å². The van der Waals surface area contributed by atoms with E-state index in [2.05, 4.69) is 10.1 Å². The molecule has 2 rings (SSSR count). The van der Waals surface area contributed by atoms with Gasteiger partial charge in [-0.05, 0) is 19.0 Å². The molecule has 1 aliphatic rings. The van der Waals surface area contributed by atoms with Crippen LogP contribution in [0.4, 0.5) is 13.2 Å². The second-order valence-electron chi connectivity index (χ2n) is 3.38. The van der Waals surface area contributed by atoms with E-state index in [-0.39, 0.29) is 24.2 Å². The first kappa shape index (κ1) is 13.1. The van der Waals surface area contributed by atoms with Crippen LogP contribution in [0.3, 0.4) is 0 Å². The zero-order valence-electron chi connectivity index (χ0n) is 8.25. The molecule has 1 aromatic rings. The monoisotopic (exact) mass is 253 g/mol. The molecule has 0 aliphatic carbocycles. The predicted octanol–water partition coefficient (Wildman–Crippen LogP) is 3.04. The van der Waals surface area contributed by atoms with E-state index in [0.29, 0.717) is 5.56 Å². The molecule has 0 bridgehead atoms. The third-order valence-electron chi connectivity index (χ3n) is 2.34. The summed E-state index contributed by atoms with van der Waals surface area (Å²) in [7, 11) is 0. The van der Waals surface area contributed by atoms with Gasteiger partial charge in [-0.2, -0.15) is 0 Å². The Kier molecular flexibility index (Phi) is 4.04. The second-order valence-corrected chi connectivity index (χ2v) is 3.38. The number of nitrogens with one attached hydrogen (secondary N) is 1. The average Bonchev–Trinajstić information content (AvgIpc) is 2.02. The Bertz CT molecular complexity index is 352. The lowest BCUT2D eigenvalue weighted by atomic mass is 9.97. The van der Waals surface area contributed by atoms with Gasteiger partial charge in [0.2, 0.25) is 0 Å². The highest BCUT2D eigenvalue weighted by Gasteiger charge is 2.33. The summed E-state index contributed by atoms with van der Waals surface area (Å²) in [5, 5.41) is 3.04. The van der Waals surface area contributed by atoms with E-state index in [1.165, 1.54) is 12.1 Å². The highest BCUT2D eigenvalue weighted by molar-refractivity contribution is 5.85. The number of alkyl halides is 3. The summed E-state index contributed by atoms with van der Waals surface area (Å²) in [5.41, 5.74) is 0.570. The second kappa shape index (κ2) is 4.93. The van der Waals surface area contributed by atoms with Gasteiger partial charge in [0.25, 0.3) is 0 Å². The summed E-state index contributed by atoms with van der Waals surface area (Å²) in [6.45, 7) is 0.838. The molecule has 0 unspecified atom stereocenters. The third-order valence-corrected chi connectivity index (χ3v) is 2.34. The lowest BCUT2D eigenvalue weighted by molar-refractivity contribution is -0.275. The minimum absolute atomic E-state index is 0. The fourth-order valence-corrected chi connectivity index (χ4v) is 1.54. The minimum atomic E-state index is -4.63. The molecule has 1 atom stereocenters. The van der Waals surface area contributed by atoms with Gasteiger partial charge in [0.1, 0.15) is 5.75 Å². The van der Waals surface area contributed by atoms with E-state index in [4.69, 9.17) is 0 Å². The molecule has 1 heterocycles.